The average Bonchev–Trinajstić information content (AvgIpc) is 3.43. The number of benzene rings is 1. The highest BCUT2D eigenvalue weighted by Gasteiger charge is 2.42. The first-order chi connectivity index (χ1) is 13.0. The van der Waals surface area contributed by atoms with E-state index in [9.17, 15) is 14.4 Å². The Bertz CT molecular complexity index is 683. The van der Waals surface area contributed by atoms with E-state index in [1.807, 2.05) is 18.0 Å². The third-order valence-electron chi connectivity index (χ3n) is 5.83. The molecule has 0 unspecified atom stereocenters. The van der Waals surface area contributed by atoms with Crippen molar-refractivity contribution in [3.05, 3.63) is 35.9 Å². The lowest BCUT2D eigenvalue weighted by Gasteiger charge is -2.35. The lowest BCUT2D eigenvalue weighted by Crippen LogP contribution is -2.47. The van der Waals surface area contributed by atoms with Gasteiger partial charge in [0.1, 0.15) is 0 Å². The van der Waals surface area contributed by atoms with Crippen molar-refractivity contribution in [3.63, 3.8) is 0 Å². The van der Waals surface area contributed by atoms with E-state index >= 15 is 0 Å². The summed E-state index contributed by atoms with van der Waals surface area (Å²) in [5.74, 6) is 0.615. The van der Waals surface area contributed by atoms with Crippen LogP contribution < -0.4 is 10.6 Å². The predicted molar refractivity (Wildman–Crippen MR) is 103 cm³/mol. The SMILES string of the molecule is C[C@H]1C[C@@H]1C(=O)N(C)C1CCC(NC(=O)CNC(=O)c2ccccc2)CC1. The van der Waals surface area contributed by atoms with Gasteiger partial charge in [0.05, 0.1) is 6.54 Å². The summed E-state index contributed by atoms with van der Waals surface area (Å²) in [6.07, 6.45) is 4.56. The number of nitrogens with one attached hydrogen (secondary N) is 2. The maximum atomic E-state index is 12.4. The van der Waals surface area contributed by atoms with Crippen LogP contribution in [0, 0.1) is 11.8 Å². The summed E-state index contributed by atoms with van der Waals surface area (Å²) in [5, 5.41) is 5.65. The largest absolute Gasteiger partial charge is 0.352 e. The van der Waals surface area contributed by atoms with Crippen LogP contribution in [0.5, 0.6) is 0 Å². The molecule has 0 aromatic heterocycles. The molecular weight excluding hydrogens is 342 g/mol. The first kappa shape index (κ1) is 19.4. The van der Waals surface area contributed by atoms with Gasteiger partial charge in [-0.05, 0) is 50.2 Å². The normalized spacial score (nSPS) is 26.7. The van der Waals surface area contributed by atoms with E-state index < -0.39 is 0 Å². The highest BCUT2D eigenvalue weighted by molar-refractivity contribution is 5.96. The standard InChI is InChI=1S/C21H29N3O3/c1-14-12-18(14)21(27)24(2)17-10-8-16(9-11-17)23-19(25)13-22-20(26)15-6-4-3-5-7-15/h3-7,14,16-18H,8-13H2,1-2H3,(H,22,26)(H,23,25)/t14-,16?,17?,18-/m0/s1. The van der Waals surface area contributed by atoms with E-state index in [1.54, 1.807) is 24.3 Å². The first-order valence-corrected chi connectivity index (χ1v) is 9.85. The smallest absolute Gasteiger partial charge is 0.251 e. The molecule has 1 aromatic rings. The number of rotatable bonds is 6. The minimum atomic E-state index is -0.246. The minimum absolute atomic E-state index is 0.0222. The van der Waals surface area contributed by atoms with Gasteiger partial charge in [-0.15, -0.1) is 0 Å². The van der Waals surface area contributed by atoms with Crippen molar-refractivity contribution >= 4 is 17.7 Å². The van der Waals surface area contributed by atoms with Crippen molar-refractivity contribution in [2.75, 3.05) is 13.6 Å². The summed E-state index contributed by atoms with van der Waals surface area (Å²) < 4.78 is 0. The maximum Gasteiger partial charge on any atom is 0.251 e. The highest BCUT2D eigenvalue weighted by Crippen LogP contribution is 2.40. The summed E-state index contributed by atoms with van der Waals surface area (Å²) >= 11 is 0. The maximum absolute atomic E-state index is 12.4. The molecule has 2 saturated carbocycles. The van der Waals surface area contributed by atoms with Crippen LogP contribution in [0.1, 0.15) is 49.4 Å². The molecule has 0 aliphatic heterocycles. The van der Waals surface area contributed by atoms with E-state index in [0.717, 1.165) is 32.1 Å². The van der Waals surface area contributed by atoms with E-state index in [2.05, 4.69) is 17.6 Å². The number of amides is 3. The summed E-state index contributed by atoms with van der Waals surface area (Å²) in [7, 11) is 1.91. The number of nitrogens with zero attached hydrogens (tertiary/aromatic N) is 1. The van der Waals surface area contributed by atoms with E-state index in [4.69, 9.17) is 0 Å². The van der Waals surface area contributed by atoms with Crippen molar-refractivity contribution in [2.24, 2.45) is 11.8 Å². The molecule has 2 aliphatic carbocycles. The quantitative estimate of drug-likeness (QED) is 0.802. The molecule has 2 atom stereocenters. The Labute approximate surface area is 160 Å². The second-order valence-electron chi connectivity index (χ2n) is 7.89. The van der Waals surface area contributed by atoms with Crippen LogP contribution >= 0.6 is 0 Å². The third kappa shape index (κ3) is 5.08. The summed E-state index contributed by atoms with van der Waals surface area (Å²) in [5.41, 5.74) is 0.545. The fraction of sp³-hybridized carbons (Fsp3) is 0.571. The molecule has 2 aliphatic rings. The molecule has 0 radical (unpaired) electrons. The molecule has 0 spiro atoms. The van der Waals surface area contributed by atoms with Gasteiger partial charge in [0.25, 0.3) is 5.91 Å². The summed E-state index contributed by atoms with van der Waals surface area (Å²) in [6.45, 7) is 2.10. The molecule has 3 rings (SSSR count). The third-order valence-corrected chi connectivity index (χ3v) is 5.83. The fourth-order valence-electron chi connectivity index (χ4n) is 3.85. The first-order valence-electron chi connectivity index (χ1n) is 9.85. The zero-order chi connectivity index (χ0) is 19.4. The molecular formula is C21H29N3O3. The van der Waals surface area contributed by atoms with Gasteiger partial charge in [-0.25, -0.2) is 0 Å². The Balaban J connectivity index is 1.37. The fourth-order valence-corrected chi connectivity index (χ4v) is 3.85. The Morgan fingerprint density at radius 2 is 1.70 bits per heavy atom. The van der Waals surface area contributed by atoms with Gasteiger partial charge >= 0.3 is 0 Å². The molecule has 1 aromatic carbocycles. The Kier molecular flexibility index (Phi) is 6.14. The van der Waals surface area contributed by atoms with Crippen molar-refractivity contribution in [2.45, 2.75) is 51.1 Å². The monoisotopic (exact) mass is 371 g/mol. The second-order valence-corrected chi connectivity index (χ2v) is 7.89. The molecule has 146 valence electrons. The Hall–Kier alpha value is -2.37. The van der Waals surface area contributed by atoms with Crippen LogP contribution in [0.4, 0.5) is 0 Å². The number of carbonyl (C=O) groups excluding carboxylic acids is 3. The summed E-state index contributed by atoms with van der Waals surface area (Å²) in [6, 6.07) is 9.25. The van der Waals surface area contributed by atoms with E-state index in [0.29, 0.717) is 11.5 Å². The average molecular weight is 371 g/mol. The zero-order valence-electron chi connectivity index (χ0n) is 16.1. The lowest BCUT2D eigenvalue weighted by atomic mass is 9.90. The molecule has 2 N–H and O–H groups in total. The van der Waals surface area contributed by atoms with Crippen LogP contribution in [-0.4, -0.2) is 48.3 Å². The molecule has 0 heterocycles. The van der Waals surface area contributed by atoms with E-state index in [1.165, 1.54) is 0 Å². The van der Waals surface area contributed by atoms with Gasteiger partial charge < -0.3 is 15.5 Å². The van der Waals surface area contributed by atoms with Crippen LogP contribution in [-0.2, 0) is 9.59 Å². The molecule has 6 nitrogen and oxygen atoms in total. The zero-order valence-corrected chi connectivity index (χ0v) is 16.1. The Morgan fingerprint density at radius 1 is 1.07 bits per heavy atom. The molecule has 6 heteroatoms. The second kappa shape index (κ2) is 8.55. The summed E-state index contributed by atoms with van der Waals surface area (Å²) in [4.78, 5) is 38.4. The van der Waals surface area contributed by atoms with Crippen molar-refractivity contribution in [3.8, 4) is 0 Å². The molecule has 3 amide bonds. The van der Waals surface area contributed by atoms with Gasteiger partial charge in [0, 0.05) is 30.6 Å². The van der Waals surface area contributed by atoms with Crippen molar-refractivity contribution in [1.82, 2.24) is 15.5 Å². The van der Waals surface area contributed by atoms with Gasteiger partial charge in [0.15, 0.2) is 0 Å². The molecule has 0 bridgehead atoms. The minimum Gasteiger partial charge on any atom is -0.352 e. The Morgan fingerprint density at radius 3 is 2.30 bits per heavy atom. The topological polar surface area (TPSA) is 78.5 Å². The highest BCUT2D eigenvalue weighted by atomic mass is 16.2. The van der Waals surface area contributed by atoms with Crippen molar-refractivity contribution < 1.29 is 14.4 Å². The molecule has 27 heavy (non-hydrogen) atoms. The number of hydrogen-bond acceptors (Lipinski definition) is 3. The van der Waals surface area contributed by atoms with Gasteiger partial charge in [-0.1, -0.05) is 25.1 Å². The van der Waals surface area contributed by atoms with Crippen LogP contribution in [0.25, 0.3) is 0 Å². The van der Waals surface area contributed by atoms with E-state index in [-0.39, 0.29) is 42.3 Å². The molecule has 2 fully saturated rings. The number of hydrogen-bond donors (Lipinski definition) is 2. The number of carbonyl (C=O) groups is 3. The molecule has 0 saturated heterocycles. The van der Waals surface area contributed by atoms with Crippen LogP contribution in [0.3, 0.4) is 0 Å². The van der Waals surface area contributed by atoms with Crippen LogP contribution in [0.15, 0.2) is 30.3 Å². The van der Waals surface area contributed by atoms with Gasteiger partial charge in [-0.2, -0.15) is 0 Å². The van der Waals surface area contributed by atoms with Gasteiger partial charge in [-0.3, -0.25) is 14.4 Å². The lowest BCUT2D eigenvalue weighted by molar-refractivity contribution is -0.134. The van der Waals surface area contributed by atoms with Crippen LogP contribution in [0.2, 0.25) is 0 Å². The van der Waals surface area contributed by atoms with Gasteiger partial charge in [0.2, 0.25) is 11.8 Å². The predicted octanol–water partition coefficient (Wildman–Crippen LogP) is 1.96. The van der Waals surface area contributed by atoms with Crippen molar-refractivity contribution in [1.29, 1.82) is 0 Å².